The molecule has 0 radical (unpaired) electrons. The number of pyridine rings is 1. The Balaban J connectivity index is 0.945. The molecule has 0 bridgehead atoms. The molecule has 4 aromatic rings. The third-order valence-corrected chi connectivity index (χ3v) is 9.14. The van der Waals surface area contributed by atoms with Gasteiger partial charge in [-0.15, -0.1) is 0 Å². The van der Waals surface area contributed by atoms with Crippen LogP contribution in [0.5, 0.6) is 0 Å². The van der Waals surface area contributed by atoms with E-state index in [1.807, 2.05) is 12.4 Å². The van der Waals surface area contributed by atoms with Crippen molar-refractivity contribution in [3.8, 4) is 11.1 Å². The van der Waals surface area contributed by atoms with E-state index in [4.69, 9.17) is 0 Å². The van der Waals surface area contributed by atoms with E-state index in [9.17, 15) is 19.2 Å². The number of nitrogens with one attached hydrogen (secondary N) is 2. The molecular formula is C35H33N5O4. The van der Waals surface area contributed by atoms with Gasteiger partial charge in [-0.3, -0.25) is 29.5 Å². The maximum Gasteiger partial charge on any atom is 0.255 e. The van der Waals surface area contributed by atoms with Gasteiger partial charge in [0.25, 0.3) is 11.8 Å². The Morgan fingerprint density at radius 3 is 2.57 bits per heavy atom. The van der Waals surface area contributed by atoms with E-state index in [1.54, 1.807) is 18.2 Å². The van der Waals surface area contributed by atoms with E-state index in [0.29, 0.717) is 30.0 Å². The zero-order valence-corrected chi connectivity index (χ0v) is 24.3. The van der Waals surface area contributed by atoms with Crippen molar-refractivity contribution in [3.63, 3.8) is 0 Å². The van der Waals surface area contributed by atoms with Crippen LogP contribution in [0.1, 0.15) is 52.0 Å². The number of carbonyl (C=O) groups excluding carboxylic acids is 4. The van der Waals surface area contributed by atoms with Gasteiger partial charge in [-0.1, -0.05) is 42.5 Å². The first-order valence-electron chi connectivity index (χ1n) is 15.2. The molecule has 3 aliphatic rings. The van der Waals surface area contributed by atoms with Crippen LogP contribution in [0, 0.1) is 5.92 Å². The van der Waals surface area contributed by atoms with Crippen molar-refractivity contribution < 1.29 is 19.2 Å². The normalized spacial score (nSPS) is 18.8. The van der Waals surface area contributed by atoms with Crippen LogP contribution in [0.2, 0.25) is 0 Å². The van der Waals surface area contributed by atoms with Crippen molar-refractivity contribution in [2.75, 3.05) is 24.5 Å². The van der Waals surface area contributed by atoms with Gasteiger partial charge in [0.2, 0.25) is 11.8 Å². The molecule has 44 heavy (non-hydrogen) atoms. The Morgan fingerprint density at radius 2 is 1.73 bits per heavy atom. The zero-order valence-electron chi connectivity index (χ0n) is 24.3. The second kappa shape index (κ2) is 11.6. The van der Waals surface area contributed by atoms with Crippen molar-refractivity contribution >= 4 is 40.1 Å². The van der Waals surface area contributed by atoms with Gasteiger partial charge < -0.3 is 15.1 Å². The van der Waals surface area contributed by atoms with Crippen LogP contribution in [0.3, 0.4) is 0 Å². The number of piperidine rings is 2. The third-order valence-electron chi connectivity index (χ3n) is 9.14. The van der Waals surface area contributed by atoms with Gasteiger partial charge in [0.05, 0.1) is 11.9 Å². The number of hydrogen-bond donors (Lipinski definition) is 2. The first kappa shape index (κ1) is 27.8. The molecule has 1 unspecified atom stereocenters. The van der Waals surface area contributed by atoms with E-state index >= 15 is 0 Å². The first-order chi connectivity index (χ1) is 21.4. The highest BCUT2D eigenvalue weighted by atomic mass is 16.2. The summed E-state index contributed by atoms with van der Waals surface area (Å²) in [6.07, 6.45) is 6.28. The van der Waals surface area contributed by atoms with E-state index in [-0.39, 0.29) is 30.7 Å². The molecule has 222 valence electrons. The lowest BCUT2D eigenvalue weighted by molar-refractivity contribution is -0.136. The molecule has 9 heteroatoms. The fourth-order valence-corrected chi connectivity index (χ4v) is 6.68. The van der Waals surface area contributed by atoms with Gasteiger partial charge in [-0.25, -0.2) is 0 Å². The Labute approximate surface area is 255 Å². The lowest BCUT2D eigenvalue weighted by Crippen LogP contribution is -2.52. The molecule has 0 aliphatic carbocycles. The molecule has 3 aromatic carbocycles. The molecule has 2 N–H and O–H groups in total. The maximum atomic E-state index is 13.1. The number of benzene rings is 3. The molecule has 0 saturated carbocycles. The highest BCUT2D eigenvalue weighted by Gasteiger charge is 2.39. The second-order valence-electron chi connectivity index (χ2n) is 11.9. The smallest absolute Gasteiger partial charge is 0.255 e. The average molecular weight is 588 g/mol. The standard InChI is InChI=1S/C35H33N5O4/c41-32-11-10-31(34(43)38-32)40-21-26-16-24(8-9-30(26)35(40)44)33(42)37-18-22-12-14-39(15-13-22)27-17-25(19-36-20-27)29-7-3-5-23-4-1-2-6-28(23)29/h1-9,16-17,19-20,22,31H,10-15,18,21H2,(H,37,42)(H,38,41,43). The Morgan fingerprint density at radius 1 is 0.909 bits per heavy atom. The van der Waals surface area contributed by atoms with Gasteiger partial charge >= 0.3 is 0 Å². The summed E-state index contributed by atoms with van der Waals surface area (Å²) < 4.78 is 0. The highest BCUT2D eigenvalue weighted by Crippen LogP contribution is 2.32. The van der Waals surface area contributed by atoms with E-state index in [2.05, 4.69) is 69.0 Å². The van der Waals surface area contributed by atoms with Crippen molar-refractivity contribution in [2.45, 2.75) is 38.3 Å². The summed E-state index contributed by atoms with van der Waals surface area (Å²) in [7, 11) is 0. The minimum atomic E-state index is -0.674. The first-order valence-corrected chi connectivity index (χ1v) is 15.2. The number of imide groups is 1. The fourth-order valence-electron chi connectivity index (χ4n) is 6.68. The number of fused-ring (bicyclic) bond motifs is 2. The molecule has 4 amide bonds. The summed E-state index contributed by atoms with van der Waals surface area (Å²) in [6.45, 7) is 2.60. The Hall–Kier alpha value is -5.05. The Bertz CT molecular complexity index is 1790. The summed E-state index contributed by atoms with van der Waals surface area (Å²) >= 11 is 0. The number of anilines is 1. The summed E-state index contributed by atoms with van der Waals surface area (Å²) in [6, 6.07) is 21.4. The van der Waals surface area contributed by atoms with E-state index in [0.717, 1.165) is 42.7 Å². The minimum Gasteiger partial charge on any atom is -0.370 e. The van der Waals surface area contributed by atoms with Gasteiger partial charge in [-0.05, 0) is 71.3 Å². The number of rotatable bonds is 6. The van der Waals surface area contributed by atoms with Crippen LogP contribution in [-0.2, 0) is 16.1 Å². The molecule has 0 spiro atoms. The summed E-state index contributed by atoms with van der Waals surface area (Å²) in [5, 5.41) is 7.83. The number of hydrogen-bond acceptors (Lipinski definition) is 6. The molecule has 1 atom stereocenters. The van der Waals surface area contributed by atoms with Crippen molar-refractivity contribution in [1.82, 2.24) is 20.5 Å². The second-order valence-corrected chi connectivity index (χ2v) is 11.9. The molecular weight excluding hydrogens is 554 g/mol. The van der Waals surface area contributed by atoms with Crippen LogP contribution in [0.15, 0.2) is 79.1 Å². The van der Waals surface area contributed by atoms with Gasteiger partial charge in [0, 0.05) is 55.5 Å². The van der Waals surface area contributed by atoms with Gasteiger partial charge in [0.15, 0.2) is 0 Å². The van der Waals surface area contributed by atoms with Gasteiger partial charge in [0.1, 0.15) is 6.04 Å². The predicted octanol–water partition coefficient (Wildman–Crippen LogP) is 4.31. The number of nitrogens with zero attached hydrogens (tertiary/aromatic N) is 3. The van der Waals surface area contributed by atoms with Crippen molar-refractivity contribution in [3.05, 3.63) is 95.8 Å². The van der Waals surface area contributed by atoms with E-state index in [1.165, 1.54) is 21.2 Å². The predicted molar refractivity (Wildman–Crippen MR) is 167 cm³/mol. The molecule has 3 aliphatic heterocycles. The minimum absolute atomic E-state index is 0.172. The van der Waals surface area contributed by atoms with Crippen LogP contribution in [0.4, 0.5) is 5.69 Å². The molecule has 2 saturated heterocycles. The monoisotopic (exact) mass is 587 g/mol. The molecule has 1 aromatic heterocycles. The number of carbonyl (C=O) groups is 4. The van der Waals surface area contributed by atoms with E-state index < -0.39 is 11.9 Å². The lowest BCUT2D eigenvalue weighted by Gasteiger charge is -2.33. The summed E-state index contributed by atoms with van der Waals surface area (Å²) in [5.74, 6) is -0.813. The molecule has 7 rings (SSSR count). The number of aromatic nitrogens is 1. The fraction of sp³-hybridized carbons (Fsp3) is 0.286. The van der Waals surface area contributed by atoms with Crippen molar-refractivity contribution in [1.29, 1.82) is 0 Å². The molecule has 2 fully saturated rings. The highest BCUT2D eigenvalue weighted by molar-refractivity contribution is 6.06. The van der Waals surface area contributed by atoms with Crippen LogP contribution in [0.25, 0.3) is 21.9 Å². The maximum absolute atomic E-state index is 13.1. The van der Waals surface area contributed by atoms with Crippen LogP contribution >= 0.6 is 0 Å². The van der Waals surface area contributed by atoms with Gasteiger partial charge in [-0.2, -0.15) is 0 Å². The number of amides is 4. The zero-order chi connectivity index (χ0) is 30.2. The largest absolute Gasteiger partial charge is 0.370 e. The molecule has 4 heterocycles. The quantitative estimate of drug-likeness (QED) is 0.325. The topological polar surface area (TPSA) is 112 Å². The molecule has 9 nitrogen and oxygen atoms in total. The Kier molecular flexibility index (Phi) is 7.29. The summed E-state index contributed by atoms with van der Waals surface area (Å²) in [4.78, 5) is 58.3. The lowest BCUT2D eigenvalue weighted by atomic mass is 9.95. The van der Waals surface area contributed by atoms with Crippen molar-refractivity contribution in [2.24, 2.45) is 5.92 Å². The SMILES string of the molecule is O=C1CCC(N2Cc3cc(C(=O)NCC4CCN(c5cncc(-c6cccc7ccccc67)c5)CC4)ccc3C2=O)C(=O)N1. The van der Waals surface area contributed by atoms with Crippen LogP contribution < -0.4 is 15.5 Å². The average Bonchev–Trinajstić information content (AvgIpc) is 3.38. The summed E-state index contributed by atoms with van der Waals surface area (Å²) in [5.41, 5.74) is 5.10. The van der Waals surface area contributed by atoms with Crippen LogP contribution in [-0.4, -0.2) is 59.2 Å². The third kappa shape index (κ3) is 5.30.